The Morgan fingerprint density at radius 2 is 1.76 bits per heavy atom. The van der Waals surface area contributed by atoms with E-state index in [2.05, 4.69) is 20.8 Å². The number of carbonyl (C=O) groups excluding carboxylic acids is 1. The number of rotatable bonds is 4. The SMILES string of the molecule is COC(=O)CC[C@@H](C)[C@H]1CC[C@H]2[C@@H]3CC[C@H]4C[C@H](O)[C@@H](O)C[C@]4(C)[C@H]3CC[C@]12C. The van der Waals surface area contributed by atoms with E-state index in [0.29, 0.717) is 35.5 Å². The zero-order valence-electron chi connectivity index (χ0n) is 18.9. The van der Waals surface area contributed by atoms with E-state index in [1.807, 2.05) is 0 Å². The van der Waals surface area contributed by atoms with E-state index in [0.717, 1.165) is 31.1 Å². The summed E-state index contributed by atoms with van der Waals surface area (Å²) in [5.41, 5.74) is 0.587. The van der Waals surface area contributed by atoms with Gasteiger partial charge in [0.1, 0.15) is 0 Å². The molecule has 0 aromatic rings. The van der Waals surface area contributed by atoms with Crippen LogP contribution in [0.4, 0.5) is 0 Å². The summed E-state index contributed by atoms with van der Waals surface area (Å²) in [7, 11) is 1.49. The van der Waals surface area contributed by atoms with E-state index in [1.54, 1.807) is 0 Å². The van der Waals surface area contributed by atoms with Crippen LogP contribution in [0.2, 0.25) is 0 Å². The summed E-state index contributed by atoms with van der Waals surface area (Å²) < 4.78 is 4.87. The van der Waals surface area contributed by atoms with Crippen molar-refractivity contribution in [1.29, 1.82) is 0 Å². The van der Waals surface area contributed by atoms with Crippen LogP contribution in [0.5, 0.6) is 0 Å². The summed E-state index contributed by atoms with van der Waals surface area (Å²) in [5.74, 6) is 4.03. The van der Waals surface area contributed by atoms with E-state index < -0.39 is 12.2 Å². The van der Waals surface area contributed by atoms with E-state index in [4.69, 9.17) is 4.74 Å². The fraction of sp³-hybridized carbons (Fsp3) is 0.960. The van der Waals surface area contributed by atoms with Gasteiger partial charge in [0.2, 0.25) is 0 Å². The van der Waals surface area contributed by atoms with Gasteiger partial charge in [-0.1, -0.05) is 20.8 Å². The monoisotopic (exact) mass is 406 g/mol. The normalized spacial score (nSPS) is 50.2. The van der Waals surface area contributed by atoms with Gasteiger partial charge in [0.25, 0.3) is 0 Å². The molecular weight excluding hydrogens is 364 g/mol. The van der Waals surface area contributed by atoms with Gasteiger partial charge in [0, 0.05) is 6.42 Å². The molecule has 0 amide bonds. The molecule has 4 saturated carbocycles. The predicted octanol–water partition coefficient (Wildman–Crippen LogP) is 4.57. The highest BCUT2D eigenvalue weighted by Gasteiger charge is 2.61. The fourth-order valence-corrected chi connectivity index (χ4v) is 8.90. The Bertz CT molecular complexity index is 620. The molecule has 4 fully saturated rings. The van der Waals surface area contributed by atoms with Crippen LogP contribution in [0.3, 0.4) is 0 Å². The summed E-state index contributed by atoms with van der Waals surface area (Å²) in [5, 5.41) is 20.7. The third-order valence-electron chi connectivity index (χ3n) is 10.5. The Morgan fingerprint density at radius 1 is 1.03 bits per heavy atom. The molecule has 0 radical (unpaired) electrons. The minimum atomic E-state index is -0.544. The lowest BCUT2D eigenvalue weighted by molar-refractivity contribution is -0.160. The molecule has 166 valence electrons. The highest BCUT2D eigenvalue weighted by Crippen LogP contribution is 2.68. The summed E-state index contributed by atoms with van der Waals surface area (Å²) in [4.78, 5) is 11.6. The molecule has 4 rings (SSSR count). The van der Waals surface area contributed by atoms with Crippen molar-refractivity contribution in [1.82, 2.24) is 0 Å². The highest BCUT2D eigenvalue weighted by atomic mass is 16.5. The summed E-state index contributed by atoms with van der Waals surface area (Å²) >= 11 is 0. The van der Waals surface area contributed by atoms with Gasteiger partial charge in [0.05, 0.1) is 19.3 Å². The van der Waals surface area contributed by atoms with E-state index in [-0.39, 0.29) is 11.4 Å². The smallest absolute Gasteiger partial charge is 0.305 e. The number of carbonyl (C=O) groups is 1. The molecule has 2 N–H and O–H groups in total. The van der Waals surface area contributed by atoms with Crippen molar-refractivity contribution in [3.8, 4) is 0 Å². The molecule has 0 aromatic heterocycles. The van der Waals surface area contributed by atoms with Crippen LogP contribution in [0, 0.1) is 46.3 Å². The van der Waals surface area contributed by atoms with Crippen LogP contribution in [-0.4, -0.2) is 35.5 Å². The lowest BCUT2D eigenvalue weighted by atomic mass is 9.44. The molecule has 10 atom stereocenters. The first kappa shape index (κ1) is 21.6. The number of methoxy groups -OCH3 is 1. The number of hydrogen-bond acceptors (Lipinski definition) is 4. The van der Waals surface area contributed by atoms with Gasteiger partial charge in [-0.3, -0.25) is 4.79 Å². The van der Waals surface area contributed by atoms with Gasteiger partial charge in [-0.2, -0.15) is 0 Å². The van der Waals surface area contributed by atoms with Crippen LogP contribution in [-0.2, 0) is 9.53 Å². The Morgan fingerprint density at radius 3 is 2.48 bits per heavy atom. The Hall–Kier alpha value is -0.610. The van der Waals surface area contributed by atoms with Gasteiger partial charge >= 0.3 is 5.97 Å². The molecule has 0 aromatic carbocycles. The standard InChI is InChI=1S/C25H42O4/c1-15(5-10-23(28)29-4)18-8-9-19-17-7-6-16-13-21(26)22(27)14-25(16,3)20(17)11-12-24(18,19)2/h15-22,26-27H,5-14H2,1-4H3/t15-,16+,17+,18-,19+,20+,21+,22+,24-,25+/m1/s1. The summed E-state index contributed by atoms with van der Waals surface area (Å²) in [6, 6.07) is 0. The third kappa shape index (κ3) is 3.46. The number of ether oxygens (including phenoxy) is 1. The van der Waals surface area contributed by atoms with Crippen molar-refractivity contribution >= 4 is 5.97 Å². The molecule has 0 aliphatic heterocycles. The number of fused-ring (bicyclic) bond motifs is 5. The Kier molecular flexibility index (Phi) is 5.83. The molecule has 4 aliphatic rings. The Balaban J connectivity index is 1.50. The second-order valence-corrected chi connectivity index (χ2v) is 11.6. The minimum Gasteiger partial charge on any atom is -0.469 e. The van der Waals surface area contributed by atoms with Crippen LogP contribution in [0.25, 0.3) is 0 Å². The van der Waals surface area contributed by atoms with Gasteiger partial charge in [-0.25, -0.2) is 0 Å². The second kappa shape index (κ2) is 7.82. The highest BCUT2D eigenvalue weighted by molar-refractivity contribution is 5.69. The molecular formula is C25H42O4. The van der Waals surface area contributed by atoms with Crippen molar-refractivity contribution in [2.45, 2.75) is 97.2 Å². The van der Waals surface area contributed by atoms with Crippen LogP contribution >= 0.6 is 0 Å². The van der Waals surface area contributed by atoms with Crippen molar-refractivity contribution in [3.05, 3.63) is 0 Å². The quantitative estimate of drug-likeness (QED) is 0.671. The largest absolute Gasteiger partial charge is 0.469 e. The maximum Gasteiger partial charge on any atom is 0.305 e. The van der Waals surface area contributed by atoms with Gasteiger partial charge < -0.3 is 14.9 Å². The molecule has 0 spiro atoms. The van der Waals surface area contributed by atoms with Crippen molar-refractivity contribution in [3.63, 3.8) is 0 Å². The first-order chi connectivity index (χ1) is 13.7. The zero-order valence-corrected chi connectivity index (χ0v) is 18.9. The van der Waals surface area contributed by atoms with Crippen LogP contribution in [0.15, 0.2) is 0 Å². The van der Waals surface area contributed by atoms with Crippen molar-refractivity contribution in [2.24, 2.45) is 46.3 Å². The molecule has 0 heterocycles. The minimum absolute atomic E-state index is 0.0791. The maximum atomic E-state index is 11.6. The van der Waals surface area contributed by atoms with Crippen LogP contribution in [0.1, 0.15) is 85.0 Å². The lowest BCUT2D eigenvalue weighted by Gasteiger charge is -2.61. The first-order valence-corrected chi connectivity index (χ1v) is 12.1. The number of aliphatic hydroxyl groups excluding tert-OH is 2. The average molecular weight is 407 g/mol. The van der Waals surface area contributed by atoms with Crippen LogP contribution < -0.4 is 0 Å². The maximum absolute atomic E-state index is 11.6. The number of esters is 1. The van der Waals surface area contributed by atoms with E-state index in [1.165, 1.54) is 45.6 Å². The third-order valence-corrected chi connectivity index (χ3v) is 10.5. The summed E-state index contributed by atoms with van der Waals surface area (Å²) in [6.07, 6.45) is 9.69. The Labute approximate surface area is 176 Å². The average Bonchev–Trinajstić information content (AvgIpc) is 3.04. The topological polar surface area (TPSA) is 66.8 Å². The summed E-state index contributed by atoms with van der Waals surface area (Å²) in [6.45, 7) is 7.33. The molecule has 4 nitrogen and oxygen atoms in total. The van der Waals surface area contributed by atoms with Gasteiger partial charge in [-0.05, 0) is 104 Å². The first-order valence-electron chi connectivity index (χ1n) is 12.1. The molecule has 29 heavy (non-hydrogen) atoms. The number of hydrogen-bond donors (Lipinski definition) is 2. The molecule has 0 saturated heterocycles. The molecule has 4 aliphatic carbocycles. The zero-order chi connectivity index (χ0) is 21.0. The van der Waals surface area contributed by atoms with Crippen molar-refractivity contribution < 1.29 is 19.7 Å². The molecule has 0 unspecified atom stereocenters. The van der Waals surface area contributed by atoms with Gasteiger partial charge in [-0.15, -0.1) is 0 Å². The second-order valence-electron chi connectivity index (χ2n) is 11.6. The van der Waals surface area contributed by atoms with E-state index >= 15 is 0 Å². The lowest BCUT2D eigenvalue weighted by Crippen LogP contribution is -2.56. The molecule has 0 bridgehead atoms. The number of aliphatic hydroxyl groups is 2. The molecule has 4 heteroatoms. The van der Waals surface area contributed by atoms with Gasteiger partial charge in [0.15, 0.2) is 0 Å². The van der Waals surface area contributed by atoms with E-state index in [9.17, 15) is 15.0 Å². The van der Waals surface area contributed by atoms with Crippen molar-refractivity contribution in [2.75, 3.05) is 7.11 Å². The fourth-order valence-electron chi connectivity index (χ4n) is 8.90. The predicted molar refractivity (Wildman–Crippen MR) is 113 cm³/mol.